The first kappa shape index (κ1) is 33.7. The van der Waals surface area contributed by atoms with Crippen molar-refractivity contribution in [1.29, 1.82) is 0 Å². The number of aliphatic hydroxyl groups is 1. The molecule has 2 aliphatic carbocycles. The quantitative estimate of drug-likeness (QED) is 0.376. The molecule has 0 unspecified atom stereocenters. The molecule has 2 spiro atoms. The Kier molecular flexibility index (Phi) is 9.34. The van der Waals surface area contributed by atoms with Crippen molar-refractivity contribution in [1.82, 2.24) is 25.0 Å². The number of piperidine rings is 1. The van der Waals surface area contributed by atoms with E-state index in [0.29, 0.717) is 24.7 Å². The summed E-state index contributed by atoms with van der Waals surface area (Å²) < 4.78 is 20.4. The van der Waals surface area contributed by atoms with Gasteiger partial charge in [-0.25, -0.2) is 9.37 Å². The number of aromatic nitrogens is 3. The van der Waals surface area contributed by atoms with E-state index in [4.69, 9.17) is 4.74 Å². The molecule has 2 saturated heterocycles. The Morgan fingerprint density at radius 3 is 2.47 bits per heavy atom. The fraction of sp³-hybridized carbons (Fsp3) is 0.694. The van der Waals surface area contributed by atoms with Gasteiger partial charge in [0, 0.05) is 50.0 Å². The van der Waals surface area contributed by atoms with Crippen LogP contribution in [0, 0.1) is 28.5 Å². The van der Waals surface area contributed by atoms with Gasteiger partial charge in [0.25, 0.3) is 11.8 Å². The lowest BCUT2D eigenvalue weighted by Crippen LogP contribution is -2.61. The Hall–Kier alpha value is -3.18. The monoisotopic (exact) mass is 650 g/mol. The van der Waals surface area contributed by atoms with Gasteiger partial charge in [0.15, 0.2) is 5.82 Å². The van der Waals surface area contributed by atoms with E-state index in [9.17, 15) is 19.1 Å². The van der Waals surface area contributed by atoms with Gasteiger partial charge in [0.2, 0.25) is 0 Å². The van der Waals surface area contributed by atoms with Crippen LogP contribution in [0.15, 0.2) is 24.5 Å². The Morgan fingerprint density at radius 2 is 1.85 bits per heavy atom. The zero-order chi connectivity index (χ0) is 33.6. The van der Waals surface area contributed by atoms with Crippen molar-refractivity contribution in [3.05, 3.63) is 35.9 Å². The molecule has 2 aliphatic heterocycles. The van der Waals surface area contributed by atoms with Crippen molar-refractivity contribution in [2.45, 2.75) is 97.6 Å². The number of ether oxygens (including phenoxy) is 1. The fourth-order valence-corrected chi connectivity index (χ4v) is 8.72. The Labute approximate surface area is 278 Å². The van der Waals surface area contributed by atoms with E-state index in [0.717, 1.165) is 64.8 Å². The van der Waals surface area contributed by atoms with Gasteiger partial charge in [-0.15, -0.1) is 10.2 Å². The van der Waals surface area contributed by atoms with Crippen LogP contribution >= 0.6 is 0 Å². The summed E-state index contributed by atoms with van der Waals surface area (Å²) in [7, 11) is 0. The number of Topliss-reactive ketones (excluding diaryl/α,β-unsaturated/α-hetero) is 1. The van der Waals surface area contributed by atoms with Crippen molar-refractivity contribution < 1.29 is 23.8 Å². The van der Waals surface area contributed by atoms with Gasteiger partial charge < -0.3 is 24.5 Å². The zero-order valence-electron chi connectivity index (χ0n) is 28.7. The second-order valence-electron chi connectivity index (χ2n) is 15.7. The average Bonchev–Trinajstić information content (AvgIpc) is 3.35. The highest BCUT2D eigenvalue weighted by Crippen LogP contribution is 2.53. The fourth-order valence-electron chi connectivity index (χ4n) is 8.72. The number of benzene rings is 1. The first-order valence-electron chi connectivity index (χ1n) is 17.5. The number of rotatable bonds is 9. The molecule has 1 N–H and O–H groups in total. The predicted molar refractivity (Wildman–Crippen MR) is 177 cm³/mol. The molecule has 1 aromatic heterocycles. The summed E-state index contributed by atoms with van der Waals surface area (Å²) in [4.78, 5) is 37.0. The largest absolute Gasteiger partial charge is 0.434 e. The van der Waals surface area contributed by atoms with E-state index in [-0.39, 0.29) is 51.7 Å². The molecule has 1 atom stereocenters. The summed E-state index contributed by atoms with van der Waals surface area (Å²) in [6.07, 6.45) is 9.67. The highest BCUT2D eigenvalue weighted by atomic mass is 19.1. The summed E-state index contributed by atoms with van der Waals surface area (Å²) in [6.45, 7) is 14.8. The van der Waals surface area contributed by atoms with Gasteiger partial charge in [0.1, 0.15) is 23.7 Å². The third-order valence-electron chi connectivity index (χ3n) is 11.6. The van der Waals surface area contributed by atoms with Crippen molar-refractivity contribution in [2.75, 3.05) is 44.2 Å². The molecule has 47 heavy (non-hydrogen) atoms. The van der Waals surface area contributed by atoms with Crippen LogP contribution in [0.2, 0.25) is 0 Å². The minimum absolute atomic E-state index is 0.0481. The van der Waals surface area contributed by atoms with Gasteiger partial charge in [-0.3, -0.25) is 9.59 Å². The molecule has 2 aromatic rings. The van der Waals surface area contributed by atoms with Crippen LogP contribution in [-0.4, -0.2) is 92.7 Å². The van der Waals surface area contributed by atoms with Crippen LogP contribution in [0.3, 0.4) is 0 Å². The molecule has 1 amide bonds. The smallest absolute Gasteiger partial charge is 0.282 e. The Balaban J connectivity index is 1.02. The molecule has 4 fully saturated rings. The van der Waals surface area contributed by atoms with E-state index in [1.54, 1.807) is 18.7 Å². The number of nitrogens with zero attached hydrogens (tertiary/aromatic N) is 6. The number of halogens is 1. The maximum atomic E-state index is 14.3. The van der Waals surface area contributed by atoms with Crippen molar-refractivity contribution >= 4 is 17.5 Å². The maximum absolute atomic E-state index is 14.3. The molecule has 4 aliphatic rings. The molecule has 3 heterocycles. The Bertz CT molecular complexity index is 1450. The molecular formula is C36H51FN6O4. The van der Waals surface area contributed by atoms with Gasteiger partial charge in [-0.2, -0.15) is 0 Å². The van der Waals surface area contributed by atoms with E-state index >= 15 is 0 Å². The van der Waals surface area contributed by atoms with Gasteiger partial charge in [-0.05, 0) is 122 Å². The SMILES string of the molecule is CCN(C(=O)c1cc(F)ccc1Oc1nncnc1N1CC2(CCN(CC3CCC4(CC3)CC(=O)[C@H](C(C)(C)O)C4)CC2)C1)C(C)C. The summed E-state index contributed by atoms with van der Waals surface area (Å²) in [5.74, 6) is 0.922. The minimum atomic E-state index is -0.923. The topological polar surface area (TPSA) is 112 Å². The molecule has 1 aromatic carbocycles. The number of hydrogen-bond donors (Lipinski definition) is 1. The highest BCUT2D eigenvalue weighted by molar-refractivity contribution is 5.97. The third-order valence-corrected chi connectivity index (χ3v) is 11.6. The summed E-state index contributed by atoms with van der Waals surface area (Å²) in [5.41, 5.74) is -0.446. The van der Waals surface area contributed by atoms with Gasteiger partial charge >= 0.3 is 0 Å². The third kappa shape index (κ3) is 7.02. The molecule has 0 radical (unpaired) electrons. The average molecular weight is 651 g/mol. The number of ketones is 1. The molecule has 6 rings (SSSR count). The van der Waals surface area contributed by atoms with E-state index in [1.165, 1.54) is 37.4 Å². The lowest BCUT2D eigenvalue weighted by atomic mass is 9.68. The van der Waals surface area contributed by atoms with E-state index in [2.05, 4.69) is 25.0 Å². The molecule has 256 valence electrons. The van der Waals surface area contributed by atoms with Crippen LogP contribution in [-0.2, 0) is 4.79 Å². The second-order valence-corrected chi connectivity index (χ2v) is 15.7. The minimum Gasteiger partial charge on any atom is -0.434 e. The zero-order valence-corrected chi connectivity index (χ0v) is 28.7. The van der Waals surface area contributed by atoms with Crippen molar-refractivity contribution in [3.63, 3.8) is 0 Å². The number of hydrogen-bond acceptors (Lipinski definition) is 9. The first-order valence-corrected chi connectivity index (χ1v) is 17.5. The van der Waals surface area contributed by atoms with Gasteiger partial charge in [0.05, 0.1) is 11.2 Å². The second kappa shape index (κ2) is 13.0. The number of amides is 1. The first-order chi connectivity index (χ1) is 22.3. The van der Waals surface area contributed by atoms with Crippen LogP contribution < -0.4 is 9.64 Å². The lowest BCUT2D eigenvalue weighted by molar-refractivity contribution is -0.127. The lowest BCUT2D eigenvalue weighted by Gasteiger charge is -2.54. The van der Waals surface area contributed by atoms with Crippen LogP contribution in [0.4, 0.5) is 10.2 Å². The van der Waals surface area contributed by atoms with E-state index < -0.39 is 11.4 Å². The normalized spacial score (nSPS) is 26.2. The van der Waals surface area contributed by atoms with Crippen molar-refractivity contribution in [2.24, 2.45) is 22.7 Å². The predicted octanol–water partition coefficient (Wildman–Crippen LogP) is 5.50. The van der Waals surface area contributed by atoms with Crippen LogP contribution in [0.25, 0.3) is 0 Å². The standard InChI is InChI=1S/C36H51FN6O4/c1-6-43(24(2)3)33(45)27-17-26(37)7-8-30(27)47-32-31(38-23-39-40-32)42-21-36(22-42)13-15-41(16-14-36)20-25-9-11-35(12-10-25)18-28(29(44)19-35)34(4,5)46/h7-8,17,23-25,28,46H,6,9-16,18-22H2,1-5H3/t25?,28-,35?/m1/s1. The number of likely N-dealkylation sites (tertiary alicyclic amines) is 1. The Morgan fingerprint density at radius 1 is 1.15 bits per heavy atom. The maximum Gasteiger partial charge on any atom is 0.282 e. The molecule has 2 saturated carbocycles. The molecule has 0 bridgehead atoms. The van der Waals surface area contributed by atoms with Gasteiger partial charge in [-0.1, -0.05) is 0 Å². The highest BCUT2D eigenvalue weighted by Gasteiger charge is 2.51. The van der Waals surface area contributed by atoms with Crippen molar-refractivity contribution in [3.8, 4) is 11.6 Å². The number of anilines is 1. The van der Waals surface area contributed by atoms with Crippen LogP contribution in [0.5, 0.6) is 11.6 Å². The molecule has 10 nitrogen and oxygen atoms in total. The summed E-state index contributed by atoms with van der Waals surface area (Å²) >= 11 is 0. The number of carbonyl (C=O) groups excluding carboxylic acids is 2. The molecular weight excluding hydrogens is 599 g/mol. The summed E-state index contributed by atoms with van der Waals surface area (Å²) in [5, 5.41) is 18.7. The summed E-state index contributed by atoms with van der Waals surface area (Å²) in [6, 6.07) is 3.91. The number of carbonyl (C=O) groups is 2. The van der Waals surface area contributed by atoms with Crippen LogP contribution in [0.1, 0.15) is 96.3 Å². The molecule has 11 heteroatoms. The van der Waals surface area contributed by atoms with E-state index in [1.807, 2.05) is 20.8 Å².